The zero-order chi connectivity index (χ0) is 28.3. The van der Waals surface area contributed by atoms with Crippen LogP contribution in [-0.2, 0) is 11.2 Å². The number of carbonyl (C=O) groups excluding carboxylic acids is 1. The van der Waals surface area contributed by atoms with Gasteiger partial charge in [0.2, 0.25) is 0 Å². The molecule has 0 unspecified atom stereocenters. The van der Waals surface area contributed by atoms with E-state index in [2.05, 4.69) is 17.4 Å². The second-order valence-electron chi connectivity index (χ2n) is 9.45. The lowest BCUT2D eigenvalue weighted by Crippen LogP contribution is -2.24. The summed E-state index contributed by atoms with van der Waals surface area (Å²) in [6.45, 7) is -0.274. The van der Waals surface area contributed by atoms with E-state index < -0.39 is 30.1 Å². The summed E-state index contributed by atoms with van der Waals surface area (Å²) in [6.07, 6.45) is 4.86. The Bertz CT molecular complexity index is 1390. The van der Waals surface area contributed by atoms with Gasteiger partial charge >= 0.3 is 5.97 Å². The van der Waals surface area contributed by atoms with E-state index in [4.69, 9.17) is 4.74 Å². The number of nitrogens with one attached hydrogen (secondary N) is 1. The van der Waals surface area contributed by atoms with Crippen LogP contribution in [0.1, 0.15) is 41.6 Å². The maximum atomic E-state index is 14.9. The summed E-state index contributed by atoms with van der Waals surface area (Å²) < 4.78 is 35.4. The number of carboxylic acid groups (broad SMARTS) is 1. The molecule has 0 fully saturated rings. The first-order valence-corrected chi connectivity index (χ1v) is 13.3. The molecule has 0 spiro atoms. The van der Waals surface area contributed by atoms with Crippen LogP contribution in [0.5, 0.6) is 5.75 Å². The van der Waals surface area contributed by atoms with Gasteiger partial charge in [0.1, 0.15) is 17.4 Å². The molecule has 206 valence electrons. The molecule has 5 nitrogen and oxygen atoms in total. The molecule has 0 saturated heterocycles. The summed E-state index contributed by atoms with van der Waals surface area (Å²) in [5, 5.41) is 12.1. The summed E-state index contributed by atoms with van der Waals surface area (Å²) in [5.74, 6) is -2.84. The molecular weight excluding hydrogens is 512 g/mol. The minimum absolute atomic E-state index is 0.0208. The van der Waals surface area contributed by atoms with Crippen LogP contribution in [0.2, 0.25) is 0 Å². The maximum Gasteiger partial charge on any atom is 0.341 e. The molecule has 0 aliphatic carbocycles. The SMILES string of the molecule is O=C(O)COc1c(-c2ccccc2F)cc(C(=O)NCCCCCCc2ccccc2)cc1-c1ccccc1F. The number of halogens is 2. The number of aliphatic carboxylic acids is 1. The molecule has 4 rings (SSSR count). The van der Waals surface area contributed by atoms with Gasteiger partial charge in [0.15, 0.2) is 6.61 Å². The highest BCUT2D eigenvalue weighted by molar-refractivity contribution is 5.99. The molecule has 0 aliphatic rings. The quantitative estimate of drug-likeness (QED) is 0.174. The van der Waals surface area contributed by atoms with Crippen LogP contribution in [0.3, 0.4) is 0 Å². The summed E-state index contributed by atoms with van der Waals surface area (Å²) in [4.78, 5) is 24.5. The number of ether oxygens (including phenoxy) is 1. The molecule has 2 N–H and O–H groups in total. The zero-order valence-electron chi connectivity index (χ0n) is 22.0. The van der Waals surface area contributed by atoms with Crippen molar-refractivity contribution >= 4 is 11.9 Å². The fourth-order valence-electron chi connectivity index (χ4n) is 4.57. The zero-order valence-corrected chi connectivity index (χ0v) is 22.0. The molecule has 0 aromatic heterocycles. The van der Waals surface area contributed by atoms with Crippen LogP contribution in [-0.4, -0.2) is 30.1 Å². The van der Waals surface area contributed by atoms with Gasteiger partial charge in [-0.1, -0.05) is 79.6 Å². The third kappa shape index (κ3) is 7.53. The Morgan fingerprint density at radius 1 is 0.700 bits per heavy atom. The Morgan fingerprint density at radius 2 is 1.25 bits per heavy atom. The number of hydrogen-bond acceptors (Lipinski definition) is 3. The third-order valence-corrected chi connectivity index (χ3v) is 6.54. The molecule has 0 radical (unpaired) electrons. The van der Waals surface area contributed by atoms with Crippen molar-refractivity contribution in [3.8, 4) is 28.0 Å². The van der Waals surface area contributed by atoms with Crippen LogP contribution >= 0.6 is 0 Å². The fraction of sp³-hybridized carbons (Fsp3) is 0.212. The lowest BCUT2D eigenvalue weighted by molar-refractivity contribution is -0.139. The van der Waals surface area contributed by atoms with Gasteiger partial charge in [-0.3, -0.25) is 4.79 Å². The van der Waals surface area contributed by atoms with Gasteiger partial charge in [0, 0.05) is 34.4 Å². The molecule has 1 amide bonds. The smallest absolute Gasteiger partial charge is 0.341 e. The summed E-state index contributed by atoms with van der Waals surface area (Å²) in [6, 6.07) is 25.0. The number of benzene rings is 4. The summed E-state index contributed by atoms with van der Waals surface area (Å²) >= 11 is 0. The van der Waals surface area contributed by atoms with E-state index >= 15 is 0 Å². The van der Waals surface area contributed by atoms with Gasteiger partial charge in [-0.25, -0.2) is 13.6 Å². The first kappa shape index (κ1) is 28.5. The number of rotatable bonds is 13. The van der Waals surface area contributed by atoms with Crippen molar-refractivity contribution in [1.82, 2.24) is 5.32 Å². The fourth-order valence-corrected chi connectivity index (χ4v) is 4.57. The highest BCUT2D eigenvalue weighted by Gasteiger charge is 2.22. The molecule has 4 aromatic rings. The molecule has 0 bridgehead atoms. The van der Waals surface area contributed by atoms with Crippen LogP contribution < -0.4 is 10.1 Å². The monoisotopic (exact) mass is 543 g/mol. The van der Waals surface area contributed by atoms with Crippen LogP contribution in [0.25, 0.3) is 22.3 Å². The van der Waals surface area contributed by atoms with Gasteiger partial charge in [0.25, 0.3) is 5.91 Å². The number of carboxylic acids is 1. The molecular formula is C33H31F2NO4. The molecule has 0 saturated carbocycles. The van der Waals surface area contributed by atoms with Gasteiger partial charge in [-0.2, -0.15) is 0 Å². The van der Waals surface area contributed by atoms with Crippen molar-refractivity contribution in [2.24, 2.45) is 0 Å². The average molecular weight is 544 g/mol. The molecule has 0 heterocycles. The van der Waals surface area contributed by atoms with E-state index in [1.807, 2.05) is 18.2 Å². The minimum Gasteiger partial charge on any atom is -0.481 e. The van der Waals surface area contributed by atoms with E-state index in [0.717, 1.165) is 32.1 Å². The number of carbonyl (C=O) groups is 2. The van der Waals surface area contributed by atoms with Gasteiger partial charge in [-0.05, 0) is 49.1 Å². The van der Waals surface area contributed by atoms with Crippen molar-refractivity contribution in [3.63, 3.8) is 0 Å². The Balaban J connectivity index is 1.55. The number of unbranched alkanes of at least 4 members (excludes halogenated alkanes) is 3. The number of aryl methyl sites for hydroxylation is 1. The maximum absolute atomic E-state index is 14.9. The van der Waals surface area contributed by atoms with E-state index in [1.54, 1.807) is 12.1 Å². The summed E-state index contributed by atoms with van der Waals surface area (Å²) in [5.41, 5.74) is 2.02. The first-order valence-electron chi connectivity index (χ1n) is 13.3. The van der Waals surface area contributed by atoms with Gasteiger partial charge in [0.05, 0.1) is 0 Å². The average Bonchev–Trinajstić information content (AvgIpc) is 2.96. The Morgan fingerprint density at radius 3 is 1.82 bits per heavy atom. The van der Waals surface area contributed by atoms with Crippen molar-refractivity contribution in [2.75, 3.05) is 13.2 Å². The molecule has 7 heteroatoms. The number of amides is 1. The summed E-state index contributed by atoms with van der Waals surface area (Å²) in [7, 11) is 0. The Labute approximate surface area is 232 Å². The predicted octanol–water partition coefficient (Wildman–Crippen LogP) is 7.30. The van der Waals surface area contributed by atoms with Crippen molar-refractivity contribution in [1.29, 1.82) is 0 Å². The highest BCUT2D eigenvalue weighted by atomic mass is 19.1. The van der Waals surface area contributed by atoms with E-state index in [0.29, 0.717) is 6.54 Å². The largest absolute Gasteiger partial charge is 0.481 e. The first-order chi connectivity index (χ1) is 19.4. The van der Waals surface area contributed by atoms with Crippen LogP contribution in [0.4, 0.5) is 8.78 Å². The van der Waals surface area contributed by atoms with E-state index in [9.17, 15) is 23.5 Å². The number of hydrogen-bond donors (Lipinski definition) is 2. The standard InChI is InChI=1S/C33H31F2NO4/c34-29-17-9-7-15-25(29)27-20-24(33(39)36-19-11-2-1-4-12-23-13-5-3-6-14-23)21-28(32(27)40-22-31(37)38)26-16-8-10-18-30(26)35/h3,5-10,13-18,20-21H,1-2,4,11-12,19,22H2,(H,36,39)(H,37,38). The predicted molar refractivity (Wildman–Crippen MR) is 151 cm³/mol. The van der Waals surface area contributed by atoms with Gasteiger partial charge in [-0.15, -0.1) is 0 Å². The molecule has 40 heavy (non-hydrogen) atoms. The van der Waals surface area contributed by atoms with Crippen molar-refractivity contribution < 1.29 is 28.2 Å². The Kier molecular flexibility index (Phi) is 9.99. The van der Waals surface area contributed by atoms with Crippen LogP contribution in [0.15, 0.2) is 91.0 Å². The van der Waals surface area contributed by atoms with Crippen molar-refractivity contribution in [2.45, 2.75) is 32.1 Å². The topological polar surface area (TPSA) is 75.6 Å². The molecule has 0 aliphatic heterocycles. The Hall–Kier alpha value is -4.52. The molecule has 0 atom stereocenters. The normalized spacial score (nSPS) is 10.8. The third-order valence-electron chi connectivity index (χ3n) is 6.54. The van der Waals surface area contributed by atoms with Crippen LogP contribution in [0, 0.1) is 11.6 Å². The van der Waals surface area contributed by atoms with Gasteiger partial charge < -0.3 is 15.2 Å². The molecule has 4 aromatic carbocycles. The van der Waals surface area contributed by atoms with E-state index in [1.165, 1.54) is 54.1 Å². The lowest BCUT2D eigenvalue weighted by Gasteiger charge is -2.18. The minimum atomic E-state index is -1.25. The van der Waals surface area contributed by atoms with Crippen molar-refractivity contribution in [3.05, 3.63) is 114 Å². The lowest BCUT2D eigenvalue weighted by atomic mass is 9.93. The second-order valence-corrected chi connectivity index (χ2v) is 9.45. The van der Waals surface area contributed by atoms with E-state index in [-0.39, 0.29) is 33.6 Å². The second kappa shape index (κ2) is 14.0. The highest BCUT2D eigenvalue weighted by Crippen LogP contribution is 2.42.